The monoisotopic (exact) mass is 247 g/mol. The van der Waals surface area contributed by atoms with Gasteiger partial charge in [0.2, 0.25) is 5.69 Å². The van der Waals surface area contributed by atoms with E-state index in [0.29, 0.717) is 11.4 Å². The molecule has 0 amide bonds. The van der Waals surface area contributed by atoms with Gasteiger partial charge < -0.3 is 4.74 Å². The lowest BCUT2D eigenvalue weighted by Crippen LogP contribution is -1.94. The molecule has 0 fully saturated rings. The molecule has 2 rings (SSSR count). The molecule has 0 aliphatic rings. The lowest BCUT2D eigenvalue weighted by atomic mass is 10.2. The van der Waals surface area contributed by atoms with E-state index in [1.165, 1.54) is 0 Å². The Morgan fingerprint density at radius 1 is 1.11 bits per heavy atom. The first-order valence-corrected chi connectivity index (χ1v) is 5.95. The van der Waals surface area contributed by atoms with Crippen molar-refractivity contribution in [2.75, 3.05) is 6.61 Å². The lowest BCUT2D eigenvalue weighted by molar-refractivity contribution is 0.372. The molecule has 0 aliphatic heterocycles. The number of hydrogen-bond donors (Lipinski definition) is 0. The number of hydrogen-bond acceptors (Lipinski definition) is 1. The second-order valence-corrected chi connectivity index (χ2v) is 3.99. The predicted molar refractivity (Wildman–Crippen MR) is 76.3 cm³/mol. The van der Waals surface area contributed by atoms with E-state index in [9.17, 15) is 0 Å². The minimum atomic E-state index is 0.279. The summed E-state index contributed by atoms with van der Waals surface area (Å²) in [5, 5.41) is 0. The van der Waals surface area contributed by atoms with Crippen molar-refractivity contribution in [2.24, 2.45) is 0 Å². The molecule has 0 spiro atoms. The maximum Gasteiger partial charge on any atom is 0.231 e. The van der Waals surface area contributed by atoms with Crippen LogP contribution >= 0.6 is 0 Å². The minimum absolute atomic E-state index is 0.279. The summed E-state index contributed by atoms with van der Waals surface area (Å²) in [6, 6.07) is 15.3. The van der Waals surface area contributed by atoms with Gasteiger partial charge in [0.25, 0.3) is 0 Å². The third kappa shape index (κ3) is 3.37. The van der Waals surface area contributed by atoms with Crippen LogP contribution in [-0.4, -0.2) is 6.61 Å². The fourth-order valence-electron chi connectivity index (χ4n) is 1.67. The largest absolute Gasteiger partial charge is 0.492 e. The van der Waals surface area contributed by atoms with Crippen molar-refractivity contribution in [1.82, 2.24) is 0 Å². The number of ether oxygens (including phenoxy) is 1. The maximum atomic E-state index is 7.15. The van der Waals surface area contributed by atoms with Gasteiger partial charge in [0.05, 0.1) is 6.57 Å². The Morgan fingerprint density at radius 3 is 2.63 bits per heavy atom. The predicted octanol–water partition coefficient (Wildman–Crippen LogP) is 3.98. The highest BCUT2D eigenvalue weighted by molar-refractivity contribution is 5.62. The Labute approximate surface area is 113 Å². The van der Waals surface area contributed by atoms with Gasteiger partial charge in [0.15, 0.2) is 0 Å². The van der Waals surface area contributed by atoms with Crippen LogP contribution in [0.5, 0.6) is 5.75 Å². The average Bonchev–Trinajstić information content (AvgIpc) is 2.45. The molecule has 0 heterocycles. The Balaban J connectivity index is 2.03. The fourth-order valence-corrected chi connectivity index (χ4v) is 1.67. The summed E-state index contributed by atoms with van der Waals surface area (Å²) >= 11 is 0. The molecule has 0 aromatic heterocycles. The third-order valence-electron chi connectivity index (χ3n) is 2.62. The van der Waals surface area contributed by atoms with Crippen molar-refractivity contribution in [3.8, 4) is 17.6 Å². The van der Waals surface area contributed by atoms with E-state index in [1.807, 2.05) is 49.4 Å². The molecule has 0 bridgehead atoms. The first kappa shape index (κ1) is 12.7. The standard InChI is InChI=1S/C17H13NO/c1-14-8-6-12-16(17(14)18-2)19-13-7-11-15-9-4-3-5-10-15/h3-6,8-10,12H,13H2,1H3. The van der Waals surface area contributed by atoms with Gasteiger partial charge in [-0.25, -0.2) is 4.85 Å². The van der Waals surface area contributed by atoms with Crippen LogP contribution < -0.4 is 4.74 Å². The minimum Gasteiger partial charge on any atom is -0.492 e. The van der Waals surface area contributed by atoms with E-state index >= 15 is 0 Å². The first-order chi connectivity index (χ1) is 9.31. The highest BCUT2D eigenvalue weighted by atomic mass is 16.5. The summed E-state index contributed by atoms with van der Waals surface area (Å²) < 4.78 is 5.54. The second-order valence-electron chi connectivity index (χ2n) is 3.99. The van der Waals surface area contributed by atoms with Crippen molar-refractivity contribution in [2.45, 2.75) is 6.92 Å². The second kappa shape index (κ2) is 6.28. The normalized spacial score (nSPS) is 9.05. The molecule has 2 nitrogen and oxygen atoms in total. The van der Waals surface area contributed by atoms with Gasteiger partial charge in [-0.3, -0.25) is 0 Å². The lowest BCUT2D eigenvalue weighted by Gasteiger charge is -2.06. The van der Waals surface area contributed by atoms with Crippen molar-refractivity contribution >= 4 is 5.69 Å². The molecule has 19 heavy (non-hydrogen) atoms. The molecule has 92 valence electrons. The van der Waals surface area contributed by atoms with Gasteiger partial charge in [-0.2, -0.15) is 0 Å². The van der Waals surface area contributed by atoms with Crippen molar-refractivity contribution in [1.29, 1.82) is 0 Å². The van der Waals surface area contributed by atoms with Crippen molar-refractivity contribution < 1.29 is 4.74 Å². The van der Waals surface area contributed by atoms with Crippen LogP contribution in [0.25, 0.3) is 4.85 Å². The molecule has 2 heteroatoms. The van der Waals surface area contributed by atoms with E-state index in [2.05, 4.69) is 16.7 Å². The summed E-state index contributed by atoms with van der Waals surface area (Å²) in [7, 11) is 0. The van der Waals surface area contributed by atoms with Crippen molar-refractivity contribution in [3.63, 3.8) is 0 Å². The van der Waals surface area contributed by atoms with Crippen LogP contribution in [-0.2, 0) is 0 Å². The van der Waals surface area contributed by atoms with Crippen LogP contribution in [0.3, 0.4) is 0 Å². The Bertz CT molecular complexity index is 657. The molecular formula is C17H13NO. The highest BCUT2D eigenvalue weighted by Crippen LogP contribution is 2.30. The molecule has 0 aliphatic carbocycles. The van der Waals surface area contributed by atoms with E-state index in [-0.39, 0.29) is 6.61 Å². The Hall–Kier alpha value is -2.71. The number of aryl methyl sites for hydroxylation is 1. The van der Waals surface area contributed by atoms with Gasteiger partial charge in [-0.15, -0.1) is 0 Å². The summed E-state index contributed by atoms with van der Waals surface area (Å²) in [4.78, 5) is 3.48. The molecular weight excluding hydrogens is 234 g/mol. The molecule has 0 saturated carbocycles. The summed E-state index contributed by atoms with van der Waals surface area (Å²) in [6.45, 7) is 9.33. The fraction of sp³-hybridized carbons (Fsp3) is 0.118. The van der Waals surface area contributed by atoms with Crippen LogP contribution in [0.2, 0.25) is 0 Å². The quantitative estimate of drug-likeness (QED) is 0.578. The molecule has 0 radical (unpaired) electrons. The number of rotatable bonds is 2. The third-order valence-corrected chi connectivity index (χ3v) is 2.62. The van der Waals surface area contributed by atoms with Crippen LogP contribution in [0.15, 0.2) is 48.5 Å². The zero-order chi connectivity index (χ0) is 13.5. The molecule has 0 unspecified atom stereocenters. The molecule has 0 N–H and O–H groups in total. The van der Waals surface area contributed by atoms with Crippen LogP contribution in [0.4, 0.5) is 5.69 Å². The summed E-state index contributed by atoms with van der Waals surface area (Å²) in [6.07, 6.45) is 0. The smallest absolute Gasteiger partial charge is 0.231 e. The van der Waals surface area contributed by atoms with Crippen LogP contribution in [0.1, 0.15) is 11.1 Å². The summed E-state index contributed by atoms with van der Waals surface area (Å²) in [5.41, 5.74) is 2.44. The van der Waals surface area contributed by atoms with Gasteiger partial charge in [0, 0.05) is 5.56 Å². The number of para-hydroxylation sites is 1. The Kier molecular flexibility index (Phi) is 4.21. The Morgan fingerprint density at radius 2 is 1.89 bits per heavy atom. The van der Waals surface area contributed by atoms with E-state index < -0.39 is 0 Å². The van der Waals surface area contributed by atoms with Crippen LogP contribution in [0, 0.1) is 25.3 Å². The molecule has 0 saturated heterocycles. The number of nitrogens with zero attached hydrogens (tertiary/aromatic N) is 1. The van der Waals surface area contributed by atoms with E-state index in [1.54, 1.807) is 6.07 Å². The van der Waals surface area contributed by atoms with Gasteiger partial charge in [0.1, 0.15) is 12.4 Å². The molecule has 2 aromatic carbocycles. The zero-order valence-electron chi connectivity index (χ0n) is 10.7. The number of benzene rings is 2. The van der Waals surface area contributed by atoms with E-state index in [0.717, 1.165) is 11.1 Å². The zero-order valence-corrected chi connectivity index (χ0v) is 10.7. The summed E-state index contributed by atoms with van der Waals surface area (Å²) in [5.74, 6) is 6.56. The topological polar surface area (TPSA) is 13.6 Å². The van der Waals surface area contributed by atoms with Gasteiger partial charge in [-0.1, -0.05) is 42.2 Å². The average molecular weight is 247 g/mol. The molecule has 0 atom stereocenters. The van der Waals surface area contributed by atoms with Gasteiger partial charge >= 0.3 is 0 Å². The van der Waals surface area contributed by atoms with Gasteiger partial charge in [-0.05, 0) is 30.7 Å². The van der Waals surface area contributed by atoms with E-state index in [4.69, 9.17) is 11.3 Å². The highest BCUT2D eigenvalue weighted by Gasteiger charge is 2.05. The first-order valence-electron chi connectivity index (χ1n) is 5.95. The van der Waals surface area contributed by atoms with Crippen molar-refractivity contribution in [3.05, 3.63) is 71.1 Å². The molecule has 2 aromatic rings. The SMILES string of the molecule is [C-]#[N+]c1c(C)cccc1OCC#Cc1ccccc1. The maximum absolute atomic E-state index is 7.15.